The summed E-state index contributed by atoms with van der Waals surface area (Å²) in [5, 5.41) is 0. The van der Waals surface area contributed by atoms with Crippen LogP contribution in [0.5, 0.6) is 0 Å². The first-order chi connectivity index (χ1) is 11.9. The first-order valence-electron chi connectivity index (χ1n) is 8.62. The van der Waals surface area contributed by atoms with Crippen LogP contribution in [0.4, 0.5) is 10.5 Å². The van der Waals surface area contributed by atoms with Crippen LogP contribution in [0.15, 0.2) is 54.6 Å². The molecular weight excluding hydrogens is 314 g/mol. The third kappa shape index (κ3) is 3.43. The molecule has 3 rings (SSSR count). The standard InChI is InChI=1S/C21H23NO3/c1-4-18(23)16-10-12-17(13-11-16)22-19(21(2,3)25-20(22)24)14-15-8-6-5-7-9-15/h5-13,19H,4,14H2,1-3H3/t19-/m0/s1. The van der Waals surface area contributed by atoms with Crippen LogP contribution in [0.3, 0.4) is 0 Å². The van der Waals surface area contributed by atoms with Crippen LogP contribution in [0, 0.1) is 0 Å². The molecule has 0 bridgehead atoms. The number of carbonyl (C=O) groups is 2. The summed E-state index contributed by atoms with van der Waals surface area (Å²) < 4.78 is 5.62. The Morgan fingerprint density at radius 3 is 2.32 bits per heavy atom. The number of anilines is 1. The summed E-state index contributed by atoms with van der Waals surface area (Å²) in [6, 6.07) is 17.2. The largest absolute Gasteiger partial charge is 0.441 e. The molecule has 0 unspecified atom stereocenters. The molecule has 1 saturated heterocycles. The predicted molar refractivity (Wildman–Crippen MR) is 98.0 cm³/mol. The Balaban J connectivity index is 1.91. The number of benzene rings is 2. The lowest BCUT2D eigenvalue weighted by Gasteiger charge is -2.29. The Morgan fingerprint density at radius 1 is 1.08 bits per heavy atom. The molecule has 1 aliphatic rings. The van der Waals surface area contributed by atoms with Gasteiger partial charge in [-0.25, -0.2) is 4.79 Å². The first-order valence-corrected chi connectivity index (χ1v) is 8.62. The SMILES string of the molecule is CCC(=O)c1ccc(N2C(=O)OC(C)(C)[C@@H]2Cc2ccccc2)cc1. The molecule has 1 fully saturated rings. The van der Waals surface area contributed by atoms with Gasteiger partial charge >= 0.3 is 6.09 Å². The Labute approximate surface area is 148 Å². The Morgan fingerprint density at radius 2 is 1.72 bits per heavy atom. The lowest BCUT2D eigenvalue weighted by Crippen LogP contribution is -2.43. The van der Waals surface area contributed by atoms with E-state index >= 15 is 0 Å². The van der Waals surface area contributed by atoms with E-state index in [1.54, 1.807) is 17.0 Å². The van der Waals surface area contributed by atoms with E-state index in [4.69, 9.17) is 4.74 Å². The summed E-state index contributed by atoms with van der Waals surface area (Å²) in [6.07, 6.45) is 0.824. The van der Waals surface area contributed by atoms with Crippen LogP contribution >= 0.6 is 0 Å². The maximum atomic E-state index is 12.5. The topological polar surface area (TPSA) is 46.6 Å². The number of rotatable bonds is 5. The molecule has 0 aromatic heterocycles. The van der Waals surface area contributed by atoms with Crippen molar-refractivity contribution < 1.29 is 14.3 Å². The van der Waals surface area contributed by atoms with Gasteiger partial charge in [-0.1, -0.05) is 37.3 Å². The summed E-state index contributed by atoms with van der Waals surface area (Å²) in [5.41, 5.74) is 1.98. The summed E-state index contributed by atoms with van der Waals surface area (Å²) in [4.78, 5) is 26.0. The molecule has 1 heterocycles. The quantitative estimate of drug-likeness (QED) is 0.748. The van der Waals surface area contributed by atoms with Crippen molar-refractivity contribution in [2.24, 2.45) is 0 Å². The van der Waals surface area contributed by atoms with E-state index in [1.165, 1.54) is 0 Å². The van der Waals surface area contributed by atoms with Crippen LogP contribution in [0.1, 0.15) is 43.1 Å². The Hall–Kier alpha value is -2.62. The number of hydrogen-bond acceptors (Lipinski definition) is 3. The average molecular weight is 337 g/mol. The molecular formula is C21H23NO3. The normalized spacial score (nSPS) is 18.9. The van der Waals surface area contributed by atoms with Gasteiger partial charge in [0, 0.05) is 17.7 Å². The van der Waals surface area contributed by atoms with E-state index in [-0.39, 0.29) is 17.9 Å². The molecule has 0 radical (unpaired) electrons. The van der Waals surface area contributed by atoms with E-state index in [9.17, 15) is 9.59 Å². The monoisotopic (exact) mass is 337 g/mol. The summed E-state index contributed by atoms with van der Waals surface area (Å²) in [6.45, 7) is 5.72. The molecule has 1 atom stereocenters. The lowest BCUT2D eigenvalue weighted by molar-refractivity contribution is 0.0685. The molecule has 0 spiro atoms. The van der Waals surface area contributed by atoms with Gasteiger partial charge in [-0.15, -0.1) is 0 Å². The van der Waals surface area contributed by atoms with E-state index < -0.39 is 5.60 Å². The van der Waals surface area contributed by atoms with Crippen LogP contribution < -0.4 is 4.90 Å². The van der Waals surface area contributed by atoms with E-state index in [1.807, 2.05) is 51.1 Å². The minimum absolute atomic E-state index is 0.0942. The van der Waals surface area contributed by atoms with Crippen LogP contribution in [-0.2, 0) is 11.2 Å². The third-order valence-electron chi connectivity index (χ3n) is 4.72. The zero-order valence-corrected chi connectivity index (χ0v) is 14.9. The molecule has 0 N–H and O–H groups in total. The average Bonchev–Trinajstić information content (AvgIpc) is 2.83. The van der Waals surface area contributed by atoms with Gasteiger partial charge in [0.15, 0.2) is 5.78 Å². The fourth-order valence-corrected chi connectivity index (χ4v) is 3.25. The molecule has 0 saturated carbocycles. The van der Waals surface area contributed by atoms with Crippen molar-refractivity contribution in [3.8, 4) is 0 Å². The summed E-state index contributed by atoms with van der Waals surface area (Å²) >= 11 is 0. The van der Waals surface area contributed by atoms with Crippen molar-refractivity contribution in [2.75, 3.05) is 4.90 Å². The number of amides is 1. The molecule has 1 aliphatic heterocycles. The summed E-state index contributed by atoms with van der Waals surface area (Å²) in [7, 11) is 0. The maximum absolute atomic E-state index is 12.5. The fourth-order valence-electron chi connectivity index (χ4n) is 3.25. The molecule has 4 nitrogen and oxygen atoms in total. The number of ether oxygens (including phenoxy) is 1. The van der Waals surface area contributed by atoms with Gasteiger partial charge in [0.2, 0.25) is 0 Å². The third-order valence-corrected chi connectivity index (χ3v) is 4.72. The number of hydrogen-bond donors (Lipinski definition) is 0. The number of Topliss-reactive ketones (excluding diaryl/α,β-unsaturated/α-hetero) is 1. The van der Waals surface area contributed by atoms with Gasteiger partial charge in [0.25, 0.3) is 0 Å². The summed E-state index contributed by atoms with van der Waals surface area (Å²) in [5.74, 6) is 0.0942. The number of carbonyl (C=O) groups excluding carboxylic acids is 2. The van der Waals surface area contributed by atoms with Crippen molar-refractivity contribution in [2.45, 2.75) is 45.3 Å². The highest BCUT2D eigenvalue weighted by Gasteiger charge is 2.48. The maximum Gasteiger partial charge on any atom is 0.415 e. The van der Waals surface area contributed by atoms with E-state index in [0.29, 0.717) is 18.4 Å². The first kappa shape index (κ1) is 17.2. The zero-order chi connectivity index (χ0) is 18.0. The molecule has 2 aromatic rings. The highest BCUT2D eigenvalue weighted by molar-refractivity contribution is 5.97. The lowest BCUT2D eigenvalue weighted by atomic mass is 9.91. The molecule has 4 heteroatoms. The van der Waals surface area contributed by atoms with E-state index in [0.717, 1.165) is 11.3 Å². The van der Waals surface area contributed by atoms with Crippen LogP contribution in [0.25, 0.3) is 0 Å². The number of nitrogens with zero attached hydrogens (tertiary/aromatic N) is 1. The van der Waals surface area contributed by atoms with Crippen LogP contribution in [0.2, 0.25) is 0 Å². The second-order valence-corrected chi connectivity index (χ2v) is 6.87. The zero-order valence-electron chi connectivity index (χ0n) is 14.9. The minimum atomic E-state index is -0.592. The Kier molecular flexibility index (Phi) is 4.62. The number of ketones is 1. The molecule has 0 aliphatic carbocycles. The Bertz CT molecular complexity index is 765. The second kappa shape index (κ2) is 6.71. The van der Waals surface area contributed by atoms with Gasteiger partial charge < -0.3 is 4.74 Å². The smallest absolute Gasteiger partial charge is 0.415 e. The predicted octanol–water partition coefficient (Wildman–Crippen LogP) is 4.63. The second-order valence-electron chi connectivity index (χ2n) is 6.87. The van der Waals surface area contributed by atoms with Gasteiger partial charge in [0.05, 0.1) is 6.04 Å². The van der Waals surface area contributed by atoms with Gasteiger partial charge in [-0.05, 0) is 50.1 Å². The number of cyclic esters (lactones) is 1. The molecule has 1 amide bonds. The van der Waals surface area contributed by atoms with Gasteiger partial charge in [-0.3, -0.25) is 9.69 Å². The highest BCUT2D eigenvalue weighted by atomic mass is 16.6. The van der Waals surface area contributed by atoms with Crippen molar-refractivity contribution in [1.82, 2.24) is 0 Å². The van der Waals surface area contributed by atoms with Crippen molar-refractivity contribution in [1.29, 1.82) is 0 Å². The molecule has 130 valence electrons. The molecule has 25 heavy (non-hydrogen) atoms. The van der Waals surface area contributed by atoms with Crippen LogP contribution in [-0.4, -0.2) is 23.5 Å². The van der Waals surface area contributed by atoms with Crippen molar-refractivity contribution >= 4 is 17.6 Å². The van der Waals surface area contributed by atoms with E-state index in [2.05, 4.69) is 12.1 Å². The van der Waals surface area contributed by atoms with Crippen molar-refractivity contribution in [3.05, 3.63) is 65.7 Å². The minimum Gasteiger partial charge on any atom is -0.441 e. The van der Waals surface area contributed by atoms with Gasteiger partial charge in [0.1, 0.15) is 5.60 Å². The molecule has 2 aromatic carbocycles. The highest BCUT2D eigenvalue weighted by Crippen LogP contribution is 2.35. The van der Waals surface area contributed by atoms with Crippen molar-refractivity contribution in [3.63, 3.8) is 0 Å². The fraction of sp³-hybridized carbons (Fsp3) is 0.333. The van der Waals surface area contributed by atoms with Gasteiger partial charge in [-0.2, -0.15) is 0 Å².